The van der Waals surface area contributed by atoms with Gasteiger partial charge < -0.3 is 10.8 Å². The molecule has 0 unspecified atom stereocenters. The molecule has 0 saturated carbocycles. The van der Waals surface area contributed by atoms with Crippen LogP contribution in [0.4, 0.5) is 4.39 Å². The van der Waals surface area contributed by atoms with Crippen LogP contribution in [-0.2, 0) is 4.79 Å². The summed E-state index contributed by atoms with van der Waals surface area (Å²) in [5.74, 6) is -1.86. The maximum Gasteiger partial charge on any atom is 0.321 e. The smallest absolute Gasteiger partial charge is 0.321 e. The molecule has 0 amide bonds. The number of benzene rings is 1. The number of carbonyl (C=O) groups is 1. The van der Waals surface area contributed by atoms with Gasteiger partial charge in [-0.2, -0.15) is 0 Å². The van der Waals surface area contributed by atoms with Crippen LogP contribution in [-0.4, -0.2) is 17.1 Å². The van der Waals surface area contributed by atoms with E-state index in [4.69, 9.17) is 10.8 Å². The van der Waals surface area contributed by atoms with Gasteiger partial charge in [-0.05, 0) is 17.7 Å². The standard InChI is InChI=1S/C10H12FNO2/c1-6(9(12)10(13)14)7-3-2-4-8(11)5-7/h2-6,9H,12H2,1H3,(H,13,14)/t6-,9+/m0/s1. The third-order valence-corrected chi connectivity index (χ3v) is 2.20. The zero-order valence-corrected chi connectivity index (χ0v) is 7.77. The Morgan fingerprint density at radius 3 is 2.71 bits per heavy atom. The molecular weight excluding hydrogens is 185 g/mol. The fourth-order valence-corrected chi connectivity index (χ4v) is 1.21. The minimum Gasteiger partial charge on any atom is -0.480 e. The van der Waals surface area contributed by atoms with E-state index in [1.54, 1.807) is 13.0 Å². The molecule has 0 aromatic heterocycles. The van der Waals surface area contributed by atoms with Crippen molar-refractivity contribution >= 4 is 5.97 Å². The number of nitrogens with two attached hydrogens (primary N) is 1. The number of rotatable bonds is 3. The first-order valence-corrected chi connectivity index (χ1v) is 4.26. The van der Waals surface area contributed by atoms with Crippen LogP contribution in [0.2, 0.25) is 0 Å². The zero-order chi connectivity index (χ0) is 10.7. The van der Waals surface area contributed by atoms with Gasteiger partial charge in [0.05, 0.1) is 0 Å². The van der Waals surface area contributed by atoms with Crippen molar-refractivity contribution in [2.45, 2.75) is 18.9 Å². The Labute approximate surface area is 81.4 Å². The van der Waals surface area contributed by atoms with Gasteiger partial charge in [-0.15, -0.1) is 0 Å². The Morgan fingerprint density at radius 1 is 1.57 bits per heavy atom. The molecule has 1 rings (SSSR count). The summed E-state index contributed by atoms with van der Waals surface area (Å²) >= 11 is 0. The molecule has 1 aromatic rings. The highest BCUT2D eigenvalue weighted by molar-refractivity contribution is 5.74. The molecule has 0 aliphatic heterocycles. The molecule has 0 heterocycles. The van der Waals surface area contributed by atoms with Crippen molar-refractivity contribution in [1.82, 2.24) is 0 Å². The first kappa shape index (κ1) is 10.7. The molecule has 0 radical (unpaired) electrons. The van der Waals surface area contributed by atoms with Crippen LogP contribution in [0.15, 0.2) is 24.3 Å². The first-order valence-electron chi connectivity index (χ1n) is 4.26. The van der Waals surface area contributed by atoms with E-state index in [0.717, 1.165) is 0 Å². The molecule has 4 heteroatoms. The summed E-state index contributed by atoms with van der Waals surface area (Å²) in [7, 11) is 0. The Kier molecular flexibility index (Phi) is 3.19. The average molecular weight is 197 g/mol. The van der Waals surface area contributed by atoms with Crippen molar-refractivity contribution in [3.63, 3.8) is 0 Å². The minimum absolute atomic E-state index is 0.382. The summed E-state index contributed by atoms with van der Waals surface area (Å²) in [6.45, 7) is 1.66. The normalized spacial score (nSPS) is 14.8. The lowest BCUT2D eigenvalue weighted by molar-refractivity contribution is -0.139. The molecule has 0 fully saturated rings. The van der Waals surface area contributed by atoms with Crippen molar-refractivity contribution in [1.29, 1.82) is 0 Å². The lowest BCUT2D eigenvalue weighted by Crippen LogP contribution is -2.35. The summed E-state index contributed by atoms with van der Waals surface area (Å²) < 4.78 is 12.8. The van der Waals surface area contributed by atoms with Crippen LogP contribution < -0.4 is 5.73 Å². The molecule has 0 saturated heterocycles. The Hall–Kier alpha value is -1.42. The largest absolute Gasteiger partial charge is 0.480 e. The van der Waals surface area contributed by atoms with E-state index in [9.17, 15) is 9.18 Å². The second kappa shape index (κ2) is 4.19. The molecule has 0 aliphatic rings. The van der Waals surface area contributed by atoms with Gasteiger partial charge in [-0.25, -0.2) is 4.39 Å². The van der Waals surface area contributed by atoms with Gasteiger partial charge in [0.25, 0.3) is 0 Å². The maximum absolute atomic E-state index is 12.8. The summed E-state index contributed by atoms with van der Waals surface area (Å²) in [5, 5.41) is 8.66. The fourth-order valence-electron chi connectivity index (χ4n) is 1.21. The van der Waals surface area contributed by atoms with Gasteiger partial charge in [0.2, 0.25) is 0 Å². The number of hydrogen-bond acceptors (Lipinski definition) is 2. The summed E-state index contributed by atoms with van der Waals surface area (Å²) in [6, 6.07) is 4.80. The molecule has 76 valence electrons. The van der Waals surface area contributed by atoms with Crippen LogP contribution in [0.5, 0.6) is 0 Å². The molecular formula is C10H12FNO2. The van der Waals surface area contributed by atoms with E-state index in [0.29, 0.717) is 5.56 Å². The quantitative estimate of drug-likeness (QED) is 0.768. The zero-order valence-electron chi connectivity index (χ0n) is 7.77. The number of aliphatic carboxylic acids is 1. The Balaban J connectivity index is 2.89. The maximum atomic E-state index is 12.8. The van der Waals surface area contributed by atoms with Crippen LogP contribution >= 0.6 is 0 Å². The van der Waals surface area contributed by atoms with Crippen LogP contribution in [0.3, 0.4) is 0 Å². The lowest BCUT2D eigenvalue weighted by atomic mass is 9.94. The van der Waals surface area contributed by atoms with Crippen LogP contribution in [0.25, 0.3) is 0 Å². The monoisotopic (exact) mass is 197 g/mol. The fraction of sp³-hybridized carbons (Fsp3) is 0.300. The SMILES string of the molecule is C[C@@H](c1cccc(F)c1)[C@@H](N)C(=O)O. The van der Waals surface area contributed by atoms with Gasteiger partial charge in [-0.1, -0.05) is 19.1 Å². The molecule has 3 nitrogen and oxygen atoms in total. The third-order valence-electron chi connectivity index (χ3n) is 2.20. The molecule has 0 aliphatic carbocycles. The third kappa shape index (κ3) is 2.29. The van der Waals surface area contributed by atoms with E-state index in [1.807, 2.05) is 0 Å². The Morgan fingerprint density at radius 2 is 2.21 bits per heavy atom. The van der Waals surface area contributed by atoms with Crippen molar-refractivity contribution in [2.75, 3.05) is 0 Å². The van der Waals surface area contributed by atoms with Crippen LogP contribution in [0, 0.1) is 5.82 Å². The topological polar surface area (TPSA) is 63.3 Å². The number of carboxylic acid groups (broad SMARTS) is 1. The Bertz CT molecular complexity index is 341. The predicted molar refractivity (Wildman–Crippen MR) is 50.4 cm³/mol. The van der Waals surface area contributed by atoms with Gasteiger partial charge in [-0.3, -0.25) is 4.79 Å². The summed E-state index contributed by atoms with van der Waals surface area (Å²) in [4.78, 5) is 10.6. The molecule has 3 N–H and O–H groups in total. The second-order valence-corrected chi connectivity index (χ2v) is 3.21. The minimum atomic E-state index is -1.08. The van der Waals surface area contributed by atoms with Gasteiger partial charge in [0, 0.05) is 5.92 Å². The molecule has 0 spiro atoms. The number of hydrogen-bond donors (Lipinski definition) is 2. The van der Waals surface area contributed by atoms with Gasteiger partial charge in [0.15, 0.2) is 0 Å². The van der Waals surface area contributed by atoms with E-state index < -0.39 is 17.9 Å². The van der Waals surface area contributed by atoms with E-state index in [2.05, 4.69) is 0 Å². The summed E-state index contributed by atoms with van der Waals surface area (Å²) in [5.41, 5.74) is 6.02. The lowest BCUT2D eigenvalue weighted by Gasteiger charge is -2.15. The predicted octanol–water partition coefficient (Wildman–Crippen LogP) is 1.34. The first-order chi connectivity index (χ1) is 6.52. The highest BCUT2D eigenvalue weighted by Crippen LogP contribution is 2.18. The molecule has 14 heavy (non-hydrogen) atoms. The van der Waals surface area contributed by atoms with E-state index >= 15 is 0 Å². The van der Waals surface area contributed by atoms with Crippen molar-refractivity contribution < 1.29 is 14.3 Å². The summed E-state index contributed by atoms with van der Waals surface area (Å²) in [6.07, 6.45) is 0. The molecule has 1 aromatic carbocycles. The molecule has 0 bridgehead atoms. The van der Waals surface area contributed by atoms with Gasteiger partial charge >= 0.3 is 5.97 Å². The average Bonchev–Trinajstić information content (AvgIpc) is 2.15. The number of halogens is 1. The van der Waals surface area contributed by atoms with Crippen molar-refractivity contribution in [2.24, 2.45) is 5.73 Å². The van der Waals surface area contributed by atoms with Crippen molar-refractivity contribution in [3.05, 3.63) is 35.6 Å². The highest BCUT2D eigenvalue weighted by atomic mass is 19.1. The number of carboxylic acids is 1. The van der Waals surface area contributed by atoms with E-state index in [-0.39, 0.29) is 5.82 Å². The van der Waals surface area contributed by atoms with Gasteiger partial charge in [0.1, 0.15) is 11.9 Å². The highest BCUT2D eigenvalue weighted by Gasteiger charge is 2.21. The second-order valence-electron chi connectivity index (χ2n) is 3.21. The van der Waals surface area contributed by atoms with E-state index in [1.165, 1.54) is 18.2 Å². The van der Waals surface area contributed by atoms with Crippen molar-refractivity contribution in [3.8, 4) is 0 Å². The molecule has 2 atom stereocenters. The van der Waals surface area contributed by atoms with Crippen LogP contribution in [0.1, 0.15) is 18.4 Å².